The predicted octanol–water partition coefficient (Wildman–Crippen LogP) is 4.52. The molecule has 2 aliphatic heterocycles. The Bertz CT molecular complexity index is 1410. The summed E-state index contributed by atoms with van der Waals surface area (Å²) in [6.45, 7) is 7.56. The van der Waals surface area contributed by atoms with E-state index in [9.17, 15) is 4.79 Å². The molecule has 2 saturated heterocycles. The summed E-state index contributed by atoms with van der Waals surface area (Å²) in [5.41, 5.74) is 3.73. The fourth-order valence-corrected chi connectivity index (χ4v) is 6.00. The lowest BCUT2D eigenvalue weighted by molar-refractivity contribution is 0.0245. The molecule has 0 unspecified atom stereocenters. The number of aromatic nitrogens is 1. The number of nitrogens with zero attached hydrogens (tertiary/aromatic N) is 4. The van der Waals surface area contributed by atoms with Crippen molar-refractivity contribution in [1.82, 2.24) is 9.88 Å². The summed E-state index contributed by atoms with van der Waals surface area (Å²) in [5, 5.41) is 3.82. The quantitative estimate of drug-likeness (QED) is 0.244. The number of ether oxygens (including phenoxy) is 4. The van der Waals surface area contributed by atoms with Crippen molar-refractivity contribution in [2.24, 2.45) is 0 Å². The first-order chi connectivity index (χ1) is 21.2. The Morgan fingerprint density at radius 2 is 1.75 bits per heavy atom. The predicted molar refractivity (Wildman–Crippen MR) is 182 cm³/mol. The Balaban J connectivity index is 1.44. The molecule has 240 valence electrons. The fourth-order valence-electron chi connectivity index (χ4n) is 5.38. The van der Waals surface area contributed by atoms with E-state index >= 15 is 0 Å². The van der Waals surface area contributed by atoms with Gasteiger partial charge in [0.05, 0.1) is 38.1 Å². The number of pyridine rings is 1. The average molecular weight is 626 g/mol. The van der Waals surface area contributed by atoms with Crippen molar-refractivity contribution in [3.63, 3.8) is 0 Å². The summed E-state index contributed by atoms with van der Waals surface area (Å²) < 4.78 is 23.3. The second-order valence-electron chi connectivity index (χ2n) is 12.3. The topological polar surface area (TPSA) is 88.6 Å². The molecule has 0 radical (unpaired) electrons. The first-order valence-electron chi connectivity index (χ1n) is 15.3. The summed E-state index contributed by atoms with van der Waals surface area (Å²) in [5.74, 6) is 1.95. The van der Waals surface area contributed by atoms with E-state index in [-0.39, 0.29) is 18.4 Å². The van der Waals surface area contributed by atoms with Gasteiger partial charge in [0.25, 0.3) is 5.91 Å². The maximum absolute atomic E-state index is 13.7. The molecule has 0 atom stereocenters. The van der Waals surface area contributed by atoms with E-state index in [0.29, 0.717) is 29.3 Å². The summed E-state index contributed by atoms with van der Waals surface area (Å²) in [6, 6.07) is 13.6. The number of hydrogen-bond donors (Lipinski definition) is 1. The molecule has 2 fully saturated rings. The molecule has 1 amide bonds. The molecular weight excluding hydrogens is 578 g/mol. The van der Waals surface area contributed by atoms with Gasteiger partial charge in [0.15, 0.2) is 6.79 Å². The van der Waals surface area contributed by atoms with Crippen LogP contribution in [-0.4, -0.2) is 120 Å². The van der Waals surface area contributed by atoms with E-state index in [0.717, 1.165) is 81.4 Å². The van der Waals surface area contributed by atoms with Crippen molar-refractivity contribution in [2.45, 2.75) is 6.42 Å². The van der Waals surface area contributed by atoms with Crippen LogP contribution in [0.25, 0.3) is 10.9 Å². The molecule has 0 saturated carbocycles. The molecule has 11 heteroatoms. The summed E-state index contributed by atoms with van der Waals surface area (Å²) in [4.78, 5) is 25.6. The average Bonchev–Trinajstić information content (AvgIpc) is 3.24. The number of likely N-dealkylation sites (N-methyl/N-ethyl adjacent to an activating group) is 1. The molecule has 10 nitrogen and oxygen atoms in total. The molecule has 3 aromatic rings. The summed E-state index contributed by atoms with van der Waals surface area (Å²) >= 11 is 0. The highest BCUT2D eigenvalue weighted by Gasteiger charge is 2.22. The number of benzene rings is 2. The highest BCUT2D eigenvalue weighted by molar-refractivity contribution is 8.32. The third kappa shape index (κ3) is 8.47. The number of carbonyl (C=O) groups excluding carboxylic acids is 1. The number of anilines is 3. The molecule has 0 spiro atoms. The van der Waals surface area contributed by atoms with Crippen LogP contribution in [0.5, 0.6) is 11.5 Å². The minimum atomic E-state index is -0.672. The molecule has 1 N–H and O–H groups in total. The standard InChI is InChI=1S/C33H47N5O5S/c1-36-11-6-12-38(14-13-36)30-22-27(40-2)21-28-31(43-24-42-19-20-44(3,4)5)23-29(35-32(28)30)33(39)34-25-7-9-26(10-8-25)37-15-17-41-18-16-37/h7-10,21-23H,6,11-20,24H2,1-5H3,(H,34,39). The number of morpholine rings is 1. The van der Waals surface area contributed by atoms with Crippen LogP contribution in [0, 0.1) is 0 Å². The van der Waals surface area contributed by atoms with Crippen LogP contribution in [0.1, 0.15) is 16.9 Å². The molecule has 44 heavy (non-hydrogen) atoms. The Morgan fingerprint density at radius 3 is 2.48 bits per heavy atom. The Kier molecular flexibility index (Phi) is 10.7. The van der Waals surface area contributed by atoms with Crippen LogP contribution in [-0.2, 0) is 9.47 Å². The van der Waals surface area contributed by atoms with Crippen LogP contribution in [0.2, 0.25) is 0 Å². The number of amides is 1. The van der Waals surface area contributed by atoms with Gasteiger partial charge in [-0.1, -0.05) is 0 Å². The van der Waals surface area contributed by atoms with Crippen molar-refractivity contribution in [1.29, 1.82) is 0 Å². The van der Waals surface area contributed by atoms with E-state index in [4.69, 9.17) is 23.9 Å². The molecule has 2 aliphatic rings. The zero-order chi connectivity index (χ0) is 31.1. The van der Waals surface area contributed by atoms with Gasteiger partial charge in [-0.2, -0.15) is 0 Å². The first-order valence-corrected chi connectivity index (χ1v) is 18.3. The minimum absolute atomic E-state index is 0.0831. The highest BCUT2D eigenvalue weighted by Crippen LogP contribution is 2.37. The van der Waals surface area contributed by atoms with Crippen molar-refractivity contribution < 1.29 is 23.7 Å². The molecule has 0 bridgehead atoms. The number of methoxy groups -OCH3 is 1. The summed E-state index contributed by atoms with van der Waals surface area (Å²) in [6.07, 6.45) is 7.83. The number of fused-ring (bicyclic) bond motifs is 1. The van der Waals surface area contributed by atoms with Crippen LogP contribution < -0.4 is 24.6 Å². The third-order valence-corrected chi connectivity index (χ3v) is 9.39. The van der Waals surface area contributed by atoms with E-state index in [1.807, 2.05) is 36.4 Å². The van der Waals surface area contributed by atoms with E-state index in [1.54, 1.807) is 13.2 Å². The lowest BCUT2D eigenvalue weighted by Crippen LogP contribution is -2.36. The van der Waals surface area contributed by atoms with Gasteiger partial charge in [-0.3, -0.25) is 4.79 Å². The van der Waals surface area contributed by atoms with Gasteiger partial charge in [0.2, 0.25) is 0 Å². The monoisotopic (exact) mass is 625 g/mol. The van der Waals surface area contributed by atoms with E-state index in [1.165, 1.54) is 0 Å². The highest BCUT2D eigenvalue weighted by atomic mass is 32.3. The second kappa shape index (κ2) is 14.7. The van der Waals surface area contributed by atoms with Gasteiger partial charge >= 0.3 is 0 Å². The normalized spacial score (nSPS) is 16.9. The molecular formula is C33H47N5O5S. The van der Waals surface area contributed by atoms with Gasteiger partial charge < -0.3 is 39.0 Å². The number of carbonyl (C=O) groups is 1. The van der Waals surface area contributed by atoms with Gasteiger partial charge in [0, 0.05) is 67.4 Å². The minimum Gasteiger partial charge on any atom is -0.497 e. The lowest BCUT2D eigenvalue weighted by Gasteiger charge is -2.28. The van der Waals surface area contributed by atoms with Crippen LogP contribution in [0.4, 0.5) is 17.1 Å². The summed E-state index contributed by atoms with van der Waals surface area (Å²) in [7, 11) is 3.14. The maximum Gasteiger partial charge on any atom is 0.274 e. The number of rotatable bonds is 11. The van der Waals surface area contributed by atoms with Gasteiger partial charge in [-0.05, 0) is 69.1 Å². The van der Waals surface area contributed by atoms with Crippen molar-refractivity contribution in [3.05, 3.63) is 48.2 Å². The Hall–Kier alpha value is -3.25. The Labute approximate surface area is 262 Å². The largest absolute Gasteiger partial charge is 0.497 e. The number of hydrogen-bond acceptors (Lipinski definition) is 9. The van der Waals surface area contributed by atoms with Crippen LogP contribution >= 0.6 is 10.0 Å². The fraction of sp³-hybridized carbons (Fsp3) is 0.515. The van der Waals surface area contributed by atoms with Crippen LogP contribution in [0.3, 0.4) is 0 Å². The molecule has 0 aliphatic carbocycles. The maximum atomic E-state index is 13.7. The van der Waals surface area contributed by atoms with Gasteiger partial charge in [-0.15, -0.1) is 0 Å². The molecule has 5 rings (SSSR count). The van der Waals surface area contributed by atoms with Gasteiger partial charge in [0.1, 0.15) is 17.2 Å². The van der Waals surface area contributed by atoms with Crippen molar-refractivity contribution >= 4 is 43.9 Å². The van der Waals surface area contributed by atoms with Gasteiger partial charge in [-0.25, -0.2) is 15.0 Å². The van der Waals surface area contributed by atoms with Crippen molar-refractivity contribution in [2.75, 3.05) is 120 Å². The molecule has 1 aromatic heterocycles. The second-order valence-corrected chi connectivity index (χ2v) is 16.8. The lowest BCUT2D eigenvalue weighted by atomic mass is 10.1. The molecule has 2 aromatic carbocycles. The zero-order valence-corrected chi connectivity index (χ0v) is 27.6. The van der Waals surface area contributed by atoms with E-state index < -0.39 is 10.0 Å². The van der Waals surface area contributed by atoms with E-state index in [2.05, 4.69) is 45.8 Å². The SMILES string of the molecule is COc1cc(N2CCCN(C)CC2)c2nc(C(=O)Nc3ccc(N4CCOCC4)cc3)cc(OCOCCS(C)(C)C)c2c1. The Morgan fingerprint density at radius 1 is 0.977 bits per heavy atom. The smallest absolute Gasteiger partial charge is 0.274 e. The number of nitrogens with one attached hydrogen (secondary N) is 1. The van der Waals surface area contributed by atoms with Crippen molar-refractivity contribution in [3.8, 4) is 11.5 Å². The zero-order valence-electron chi connectivity index (χ0n) is 26.8. The third-order valence-electron chi connectivity index (χ3n) is 8.00. The van der Waals surface area contributed by atoms with Crippen LogP contribution in [0.15, 0.2) is 42.5 Å². The first kappa shape index (κ1) is 32.2. The molecule has 3 heterocycles.